The molecule has 136 valence electrons. The van der Waals surface area contributed by atoms with Gasteiger partial charge in [0.25, 0.3) is 5.89 Å². The Kier molecular flexibility index (Phi) is 4.50. The summed E-state index contributed by atoms with van der Waals surface area (Å²) in [6.07, 6.45) is 7.94. The van der Waals surface area contributed by atoms with E-state index in [9.17, 15) is 9.59 Å². The Bertz CT molecular complexity index is 972. The summed E-state index contributed by atoms with van der Waals surface area (Å²) in [6.45, 7) is 2.44. The number of hydrogen-bond donors (Lipinski definition) is 0. The number of fused-ring (bicyclic) bond motifs is 1. The van der Waals surface area contributed by atoms with Gasteiger partial charge in [0.05, 0.1) is 6.54 Å². The van der Waals surface area contributed by atoms with Crippen LogP contribution in [0.5, 0.6) is 0 Å². The van der Waals surface area contributed by atoms with Gasteiger partial charge in [0.2, 0.25) is 5.82 Å². The van der Waals surface area contributed by atoms with Crippen LogP contribution in [0.1, 0.15) is 19.2 Å². The van der Waals surface area contributed by atoms with Crippen molar-refractivity contribution in [2.45, 2.75) is 19.9 Å². The molecule has 0 bridgehead atoms. The fraction of sp³-hybridized carbons (Fsp3) is 0.250. The van der Waals surface area contributed by atoms with Gasteiger partial charge in [-0.05, 0) is 12.5 Å². The predicted octanol–water partition coefficient (Wildman–Crippen LogP) is 2.80. The van der Waals surface area contributed by atoms with Crippen molar-refractivity contribution in [2.24, 2.45) is 5.92 Å². The second-order valence-corrected chi connectivity index (χ2v) is 6.38. The number of allylic oxidation sites excluding steroid dienone is 3. The standard InChI is InChI=1S/C20H19N4O3/c1-2-12-23-19(25)15-10-6-7-11-16(15)24(20(23)26)13-17-21-18(22-27-17)14-8-4-3-5-9-14/h3-11,15H,2,12-13H2,1H3/q+1. The molecule has 2 aromatic rings. The summed E-state index contributed by atoms with van der Waals surface area (Å²) in [5.74, 6) is 0.138. The first kappa shape index (κ1) is 17.1. The Labute approximate surface area is 156 Å². The van der Waals surface area contributed by atoms with Crippen LogP contribution in [0.2, 0.25) is 0 Å². The highest BCUT2D eigenvalue weighted by Gasteiger charge is 2.46. The highest BCUT2D eigenvalue weighted by Crippen LogP contribution is 2.22. The minimum atomic E-state index is -0.462. The Morgan fingerprint density at radius 2 is 2.00 bits per heavy atom. The molecule has 27 heavy (non-hydrogen) atoms. The maximum absolute atomic E-state index is 12.9. The lowest BCUT2D eigenvalue weighted by atomic mass is 9.94. The molecule has 7 nitrogen and oxygen atoms in total. The van der Waals surface area contributed by atoms with Crippen molar-refractivity contribution in [2.75, 3.05) is 6.54 Å². The minimum Gasteiger partial charge on any atom is -0.335 e. The van der Waals surface area contributed by atoms with Crippen LogP contribution in [-0.4, -0.2) is 43.8 Å². The number of amides is 3. The number of benzene rings is 1. The number of carbonyl (C=O) groups excluding carboxylic acids is 2. The Hall–Kier alpha value is -3.35. The molecule has 1 aromatic carbocycles. The molecule has 1 aliphatic heterocycles. The van der Waals surface area contributed by atoms with Gasteiger partial charge >= 0.3 is 11.9 Å². The van der Waals surface area contributed by atoms with Gasteiger partial charge in [0, 0.05) is 5.56 Å². The zero-order valence-corrected chi connectivity index (χ0v) is 14.9. The first-order valence-corrected chi connectivity index (χ1v) is 8.91. The van der Waals surface area contributed by atoms with E-state index < -0.39 is 5.92 Å². The van der Waals surface area contributed by atoms with E-state index >= 15 is 0 Å². The Balaban J connectivity index is 1.68. The summed E-state index contributed by atoms with van der Waals surface area (Å²) < 4.78 is 6.90. The zero-order chi connectivity index (χ0) is 18.8. The molecule has 0 saturated heterocycles. The lowest BCUT2D eigenvalue weighted by Crippen LogP contribution is -2.54. The zero-order valence-electron chi connectivity index (χ0n) is 14.9. The fourth-order valence-corrected chi connectivity index (χ4v) is 3.26. The quantitative estimate of drug-likeness (QED) is 0.763. The second kappa shape index (κ2) is 7.11. The van der Waals surface area contributed by atoms with Crippen molar-refractivity contribution in [3.8, 4) is 11.4 Å². The summed E-state index contributed by atoms with van der Waals surface area (Å²) in [6, 6.07) is 9.13. The van der Waals surface area contributed by atoms with Crippen LogP contribution < -0.4 is 0 Å². The summed E-state index contributed by atoms with van der Waals surface area (Å²) in [5.41, 5.74) is 1.48. The lowest BCUT2D eigenvalue weighted by Gasteiger charge is -2.26. The molecule has 1 aromatic heterocycles. The maximum Gasteiger partial charge on any atom is 0.501 e. The summed E-state index contributed by atoms with van der Waals surface area (Å²) in [4.78, 5) is 31.3. The van der Waals surface area contributed by atoms with Gasteiger partial charge in [-0.1, -0.05) is 60.6 Å². The number of hydrogen-bond acceptors (Lipinski definition) is 5. The molecule has 7 heteroatoms. The van der Waals surface area contributed by atoms with Crippen LogP contribution in [0.3, 0.4) is 0 Å². The van der Waals surface area contributed by atoms with E-state index in [1.54, 1.807) is 10.7 Å². The van der Waals surface area contributed by atoms with Crippen molar-refractivity contribution in [1.82, 2.24) is 15.0 Å². The molecule has 4 rings (SSSR count). The van der Waals surface area contributed by atoms with Gasteiger partial charge in [-0.3, -0.25) is 0 Å². The van der Waals surface area contributed by atoms with Crippen LogP contribution in [0.15, 0.2) is 59.2 Å². The molecule has 2 aliphatic rings. The van der Waals surface area contributed by atoms with E-state index in [1.807, 2.05) is 55.5 Å². The largest absolute Gasteiger partial charge is 0.501 e. The molecule has 1 unspecified atom stereocenters. The molecule has 0 fully saturated rings. The van der Waals surface area contributed by atoms with Crippen LogP contribution in [0.4, 0.5) is 4.79 Å². The van der Waals surface area contributed by atoms with Gasteiger partial charge in [-0.2, -0.15) is 19.3 Å². The van der Waals surface area contributed by atoms with Crippen LogP contribution in [0, 0.1) is 5.92 Å². The van der Waals surface area contributed by atoms with Crippen molar-refractivity contribution in [3.05, 3.63) is 60.5 Å². The number of urea groups is 1. The average molecular weight is 363 g/mol. The number of carbonyl (C=O) groups is 2. The van der Waals surface area contributed by atoms with Crippen molar-refractivity contribution in [1.29, 1.82) is 0 Å². The minimum absolute atomic E-state index is 0.121. The third-order valence-electron chi connectivity index (χ3n) is 4.55. The molecule has 3 amide bonds. The SMILES string of the molecule is CCCN1C(=O)C2C=CC=CC2=[N+](Cc2nc(-c3ccccc3)no2)C1=O. The maximum atomic E-state index is 12.9. The van der Waals surface area contributed by atoms with Crippen LogP contribution in [-0.2, 0) is 11.3 Å². The van der Waals surface area contributed by atoms with Gasteiger partial charge in [-0.15, -0.1) is 0 Å². The van der Waals surface area contributed by atoms with Crippen molar-refractivity contribution < 1.29 is 18.7 Å². The summed E-state index contributed by atoms with van der Waals surface area (Å²) >= 11 is 0. The lowest BCUT2D eigenvalue weighted by molar-refractivity contribution is -0.460. The van der Waals surface area contributed by atoms with Crippen molar-refractivity contribution in [3.63, 3.8) is 0 Å². The summed E-state index contributed by atoms with van der Waals surface area (Å²) in [7, 11) is 0. The fourth-order valence-electron chi connectivity index (χ4n) is 3.26. The molecular formula is C20H19N4O3+. The first-order valence-electron chi connectivity index (χ1n) is 8.91. The molecule has 0 N–H and O–H groups in total. The molecule has 0 radical (unpaired) electrons. The van der Waals surface area contributed by atoms with Gasteiger partial charge < -0.3 is 4.52 Å². The third kappa shape index (κ3) is 3.12. The number of aromatic nitrogens is 2. The highest BCUT2D eigenvalue weighted by molar-refractivity contribution is 6.16. The van der Waals surface area contributed by atoms with Crippen molar-refractivity contribution >= 4 is 17.6 Å². The van der Waals surface area contributed by atoms with E-state index in [1.165, 1.54) is 4.90 Å². The molecular weight excluding hydrogens is 344 g/mol. The Morgan fingerprint density at radius 3 is 2.78 bits per heavy atom. The first-order chi connectivity index (χ1) is 13.2. The topological polar surface area (TPSA) is 79.3 Å². The van der Waals surface area contributed by atoms with Crippen LogP contribution in [0.25, 0.3) is 11.4 Å². The number of rotatable bonds is 5. The molecule has 0 spiro atoms. The molecule has 1 aliphatic carbocycles. The summed E-state index contributed by atoms with van der Waals surface area (Å²) in [5, 5.41) is 4.01. The van der Waals surface area contributed by atoms with E-state index in [-0.39, 0.29) is 18.5 Å². The molecule has 2 heterocycles. The number of nitrogens with zero attached hydrogens (tertiary/aromatic N) is 4. The van der Waals surface area contributed by atoms with E-state index in [2.05, 4.69) is 10.1 Å². The third-order valence-corrected chi connectivity index (χ3v) is 4.55. The Morgan fingerprint density at radius 1 is 1.19 bits per heavy atom. The monoisotopic (exact) mass is 363 g/mol. The van der Waals surface area contributed by atoms with E-state index in [4.69, 9.17) is 4.52 Å². The molecule has 1 atom stereocenters. The van der Waals surface area contributed by atoms with Gasteiger partial charge in [0.15, 0.2) is 6.54 Å². The van der Waals surface area contributed by atoms with E-state index in [0.717, 1.165) is 5.56 Å². The predicted molar refractivity (Wildman–Crippen MR) is 97.9 cm³/mol. The van der Waals surface area contributed by atoms with Gasteiger partial charge in [-0.25, -0.2) is 4.79 Å². The normalized spacial score (nSPS) is 19.0. The second-order valence-electron chi connectivity index (χ2n) is 6.38. The van der Waals surface area contributed by atoms with Crippen LogP contribution >= 0.6 is 0 Å². The van der Waals surface area contributed by atoms with E-state index in [0.29, 0.717) is 30.4 Å². The average Bonchev–Trinajstić information content (AvgIpc) is 3.18. The van der Waals surface area contributed by atoms with Gasteiger partial charge in [0.1, 0.15) is 11.6 Å². The highest BCUT2D eigenvalue weighted by atomic mass is 16.5. The smallest absolute Gasteiger partial charge is 0.335 e. The molecule has 0 saturated carbocycles. The number of imide groups is 1.